The number of thioether (sulfide) groups is 1. The molecule has 4 aromatic carbocycles. The molecule has 6 rings (SSSR count). The van der Waals surface area contributed by atoms with E-state index in [-0.39, 0.29) is 11.6 Å². The number of carbonyl (C=O) groups is 4. The molecule has 0 saturated heterocycles. The van der Waals surface area contributed by atoms with Gasteiger partial charge in [0.15, 0.2) is 0 Å². The van der Waals surface area contributed by atoms with Gasteiger partial charge in [-0.25, -0.2) is 4.79 Å². The number of carbonyl (C=O) groups excluding carboxylic acids is 4. The summed E-state index contributed by atoms with van der Waals surface area (Å²) in [7, 11) is 2.91. The lowest BCUT2D eigenvalue weighted by atomic mass is 9.95. The lowest BCUT2D eigenvalue weighted by molar-refractivity contribution is -0.116. The molecule has 0 radical (unpaired) electrons. The second-order valence-corrected chi connectivity index (χ2v) is 14.2. The summed E-state index contributed by atoms with van der Waals surface area (Å²) >= 11 is 2.75. The van der Waals surface area contributed by atoms with Gasteiger partial charge in [0.25, 0.3) is 11.8 Å². The van der Waals surface area contributed by atoms with Gasteiger partial charge >= 0.3 is 5.97 Å². The molecule has 264 valence electrons. The average Bonchev–Trinajstić information content (AvgIpc) is 3.54. The van der Waals surface area contributed by atoms with Gasteiger partial charge < -0.3 is 25.4 Å². The number of hydrogen-bond acceptors (Lipinski definition) is 8. The highest BCUT2D eigenvalue weighted by molar-refractivity contribution is 8.00. The lowest BCUT2D eigenvalue weighted by Crippen LogP contribution is -2.30. The molecule has 0 aliphatic heterocycles. The van der Waals surface area contributed by atoms with Crippen LogP contribution < -0.4 is 20.7 Å². The number of rotatable bonds is 12. The van der Waals surface area contributed by atoms with Crippen LogP contribution in [0.5, 0.6) is 5.75 Å². The van der Waals surface area contributed by atoms with Crippen LogP contribution in [-0.4, -0.2) is 37.9 Å². The summed E-state index contributed by atoms with van der Waals surface area (Å²) in [4.78, 5) is 55.7. The van der Waals surface area contributed by atoms with E-state index < -0.39 is 23.0 Å². The Morgan fingerprint density at radius 3 is 2.29 bits per heavy atom. The first-order chi connectivity index (χ1) is 25.3. The topological polar surface area (TPSA) is 123 Å². The number of nitrogens with one attached hydrogen (secondary N) is 3. The number of ether oxygens (including phenoxy) is 2. The van der Waals surface area contributed by atoms with Crippen molar-refractivity contribution < 1.29 is 28.7 Å². The standard InChI is InChI=1S/C41H37N3O6S2/c1-49-30-19-11-13-26(23-30)24-33(43-37(45)28-16-7-4-8-17-28)38(46)42-29-18-12-20-31(25-29)51-36(27-14-5-3-6-15-27)39(47)44-40-35(41(48)50-2)32-21-9-10-22-34(32)52-40/h3-8,11-20,23-25,36H,9-10,21-22H2,1-2H3,(H,42,46)(H,43,45)(H,44,47)/b33-24-. The van der Waals surface area contributed by atoms with Crippen LogP contribution in [0.25, 0.3) is 6.08 Å². The van der Waals surface area contributed by atoms with E-state index in [0.29, 0.717) is 38.0 Å². The van der Waals surface area contributed by atoms with Gasteiger partial charge in [0.1, 0.15) is 21.7 Å². The number of thiophene rings is 1. The third kappa shape index (κ3) is 8.79. The van der Waals surface area contributed by atoms with E-state index in [1.54, 1.807) is 79.9 Å². The van der Waals surface area contributed by atoms with Crippen molar-refractivity contribution in [3.63, 3.8) is 0 Å². The Morgan fingerprint density at radius 1 is 0.808 bits per heavy atom. The van der Waals surface area contributed by atoms with Crippen molar-refractivity contribution in [2.75, 3.05) is 24.9 Å². The molecule has 1 aromatic heterocycles. The molecule has 1 aliphatic carbocycles. The molecule has 9 nitrogen and oxygen atoms in total. The fraction of sp³-hybridized carbons (Fsp3) is 0.171. The van der Waals surface area contributed by atoms with Gasteiger partial charge in [0.2, 0.25) is 5.91 Å². The van der Waals surface area contributed by atoms with Crippen LogP contribution in [0.3, 0.4) is 0 Å². The van der Waals surface area contributed by atoms with Gasteiger partial charge in [-0.3, -0.25) is 14.4 Å². The van der Waals surface area contributed by atoms with E-state index >= 15 is 0 Å². The molecule has 1 atom stereocenters. The van der Waals surface area contributed by atoms with E-state index in [1.807, 2.05) is 42.5 Å². The Hall–Kier alpha value is -5.65. The SMILES string of the molecule is COC(=O)c1c(NC(=O)C(Sc2cccc(NC(=O)/C(=C/c3cccc(OC)c3)NC(=O)c3ccccc3)c2)c2ccccc2)sc2c1CCCC2. The summed E-state index contributed by atoms with van der Waals surface area (Å²) < 4.78 is 10.5. The summed E-state index contributed by atoms with van der Waals surface area (Å²) in [5, 5.41) is 8.53. The summed E-state index contributed by atoms with van der Waals surface area (Å²) in [6.07, 6.45) is 5.23. The van der Waals surface area contributed by atoms with E-state index in [2.05, 4.69) is 16.0 Å². The van der Waals surface area contributed by atoms with Crippen molar-refractivity contribution >= 4 is 63.6 Å². The maximum absolute atomic E-state index is 14.1. The molecular weight excluding hydrogens is 695 g/mol. The van der Waals surface area contributed by atoms with Crippen LogP contribution in [0.1, 0.15) is 60.4 Å². The number of aryl methyl sites for hydroxylation is 1. The fourth-order valence-electron chi connectivity index (χ4n) is 5.87. The van der Waals surface area contributed by atoms with Gasteiger partial charge in [-0.2, -0.15) is 0 Å². The summed E-state index contributed by atoms with van der Waals surface area (Å²) in [6, 6.07) is 32.3. The molecule has 1 heterocycles. The number of benzene rings is 4. The highest BCUT2D eigenvalue weighted by Crippen LogP contribution is 2.41. The van der Waals surface area contributed by atoms with E-state index in [0.717, 1.165) is 41.7 Å². The highest BCUT2D eigenvalue weighted by atomic mass is 32.2. The monoisotopic (exact) mass is 731 g/mol. The predicted molar refractivity (Wildman–Crippen MR) is 206 cm³/mol. The second kappa shape index (κ2) is 17.0. The van der Waals surface area contributed by atoms with Gasteiger partial charge in [0, 0.05) is 21.0 Å². The third-order valence-electron chi connectivity index (χ3n) is 8.42. The van der Waals surface area contributed by atoms with Gasteiger partial charge in [0.05, 0.1) is 19.8 Å². The zero-order valence-corrected chi connectivity index (χ0v) is 30.3. The highest BCUT2D eigenvalue weighted by Gasteiger charge is 2.30. The number of esters is 1. The number of amides is 3. The minimum absolute atomic E-state index is 0.0294. The molecular formula is C41H37N3O6S2. The van der Waals surface area contributed by atoms with Crippen LogP contribution in [0.2, 0.25) is 0 Å². The summed E-state index contributed by atoms with van der Waals surface area (Å²) in [6.45, 7) is 0. The maximum Gasteiger partial charge on any atom is 0.341 e. The van der Waals surface area contributed by atoms with E-state index in [1.165, 1.54) is 30.2 Å². The number of hydrogen-bond donors (Lipinski definition) is 3. The molecule has 0 saturated carbocycles. The molecule has 0 spiro atoms. The molecule has 3 amide bonds. The molecule has 11 heteroatoms. The first-order valence-corrected chi connectivity index (χ1v) is 18.4. The van der Waals surface area contributed by atoms with Crippen LogP contribution in [0, 0.1) is 0 Å². The van der Waals surface area contributed by atoms with Crippen LogP contribution >= 0.6 is 23.1 Å². The second-order valence-electron chi connectivity index (χ2n) is 11.9. The van der Waals surface area contributed by atoms with Crippen LogP contribution in [-0.2, 0) is 27.2 Å². The zero-order chi connectivity index (χ0) is 36.5. The Labute approximate surface area is 310 Å². The molecule has 3 N–H and O–H groups in total. The van der Waals surface area contributed by atoms with Crippen molar-refractivity contribution in [1.29, 1.82) is 0 Å². The Morgan fingerprint density at radius 2 is 1.54 bits per heavy atom. The molecule has 1 aliphatic rings. The van der Waals surface area contributed by atoms with Gasteiger partial charge in [-0.1, -0.05) is 66.7 Å². The minimum Gasteiger partial charge on any atom is -0.497 e. The zero-order valence-electron chi connectivity index (χ0n) is 28.6. The van der Waals surface area contributed by atoms with E-state index in [9.17, 15) is 19.2 Å². The number of methoxy groups -OCH3 is 2. The van der Waals surface area contributed by atoms with E-state index in [4.69, 9.17) is 9.47 Å². The van der Waals surface area contributed by atoms with Crippen molar-refractivity contribution in [2.45, 2.75) is 35.8 Å². The third-order valence-corrected chi connectivity index (χ3v) is 10.9. The van der Waals surface area contributed by atoms with Gasteiger partial charge in [-0.15, -0.1) is 23.1 Å². The smallest absolute Gasteiger partial charge is 0.341 e. The molecule has 0 bridgehead atoms. The maximum atomic E-state index is 14.1. The van der Waals surface area contributed by atoms with Crippen LogP contribution in [0.4, 0.5) is 10.7 Å². The normalized spacial score (nSPS) is 12.9. The van der Waals surface area contributed by atoms with Gasteiger partial charge in [-0.05, 0) is 90.9 Å². The molecule has 0 fully saturated rings. The first kappa shape index (κ1) is 36.2. The summed E-state index contributed by atoms with van der Waals surface area (Å²) in [5.41, 5.74) is 3.72. The molecule has 52 heavy (non-hydrogen) atoms. The number of anilines is 2. The quantitative estimate of drug-likeness (QED) is 0.0671. The Kier molecular flexibility index (Phi) is 11.8. The van der Waals surface area contributed by atoms with Crippen LogP contribution in [0.15, 0.2) is 120 Å². The Balaban J connectivity index is 1.25. The Bertz CT molecular complexity index is 2110. The molecule has 1 unspecified atom stereocenters. The minimum atomic E-state index is -0.689. The lowest BCUT2D eigenvalue weighted by Gasteiger charge is -2.18. The first-order valence-electron chi connectivity index (χ1n) is 16.7. The molecule has 5 aromatic rings. The summed E-state index contributed by atoms with van der Waals surface area (Å²) in [5.74, 6) is -1.12. The number of fused-ring (bicyclic) bond motifs is 1. The van der Waals surface area contributed by atoms with Crippen molar-refractivity contribution in [3.05, 3.63) is 148 Å². The van der Waals surface area contributed by atoms with Crippen molar-refractivity contribution in [1.82, 2.24) is 5.32 Å². The van der Waals surface area contributed by atoms with Crippen molar-refractivity contribution in [2.24, 2.45) is 0 Å². The predicted octanol–water partition coefficient (Wildman–Crippen LogP) is 8.30. The fourth-order valence-corrected chi connectivity index (χ4v) is 8.24. The average molecular weight is 732 g/mol. The largest absolute Gasteiger partial charge is 0.497 e. The van der Waals surface area contributed by atoms with Crippen molar-refractivity contribution in [3.8, 4) is 5.75 Å².